The Morgan fingerprint density at radius 1 is 1.11 bits per heavy atom. The minimum Gasteiger partial charge on any atom is -0.508 e. The van der Waals surface area contributed by atoms with Crippen LogP contribution in [0.15, 0.2) is 48.5 Å². The first-order valence-corrected chi connectivity index (χ1v) is 5.93. The van der Waals surface area contributed by atoms with E-state index >= 15 is 0 Å². The first-order valence-electron chi connectivity index (χ1n) is 5.93. The van der Waals surface area contributed by atoms with Gasteiger partial charge in [-0.2, -0.15) is 0 Å². The molecular weight excluding hydrogens is 242 g/mol. The van der Waals surface area contributed by atoms with Crippen molar-refractivity contribution in [3.8, 4) is 16.9 Å². The minimum absolute atomic E-state index is 0.217. The van der Waals surface area contributed by atoms with Gasteiger partial charge < -0.3 is 15.9 Å². The molecule has 19 heavy (non-hydrogen) atoms. The van der Waals surface area contributed by atoms with E-state index in [2.05, 4.69) is 0 Å². The second-order valence-corrected chi connectivity index (χ2v) is 4.40. The molecule has 0 aromatic heterocycles. The molecule has 0 fully saturated rings. The lowest BCUT2D eigenvalue weighted by molar-refractivity contribution is -0.138. The molecule has 0 aliphatic carbocycles. The second-order valence-electron chi connectivity index (χ2n) is 4.40. The summed E-state index contributed by atoms with van der Waals surface area (Å²) in [6, 6.07) is 13.6. The number of aliphatic carboxylic acids is 1. The van der Waals surface area contributed by atoms with Gasteiger partial charge in [0.2, 0.25) is 0 Å². The van der Waals surface area contributed by atoms with Crippen molar-refractivity contribution in [2.24, 2.45) is 5.73 Å². The van der Waals surface area contributed by atoms with Crippen molar-refractivity contribution in [2.45, 2.75) is 12.5 Å². The Morgan fingerprint density at radius 3 is 2.37 bits per heavy atom. The van der Waals surface area contributed by atoms with Crippen LogP contribution in [0.2, 0.25) is 0 Å². The number of carbonyl (C=O) groups is 1. The van der Waals surface area contributed by atoms with E-state index in [0.717, 1.165) is 16.7 Å². The van der Waals surface area contributed by atoms with Crippen LogP contribution in [0.25, 0.3) is 11.1 Å². The van der Waals surface area contributed by atoms with Gasteiger partial charge in [-0.15, -0.1) is 0 Å². The molecule has 0 saturated heterocycles. The molecule has 98 valence electrons. The molecule has 2 aromatic carbocycles. The van der Waals surface area contributed by atoms with Crippen molar-refractivity contribution in [1.82, 2.24) is 0 Å². The topological polar surface area (TPSA) is 83.5 Å². The molecule has 2 aromatic rings. The third-order valence-electron chi connectivity index (χ3n) is 2.91. The van der Waals surface area contributed by atoms with Crippen LogP contribution in [0.4, 0.5) is 0 Å². The number of nitrogens with two attached hydrogens (primary N) is 1. The van der Waals surface area contributed by atoms with Gasteiger partial charge in [-0.25, -0.2) is 0 Å². The van der Waals surface area contributed by atoms with Crippen molar-refractivity contribution in [3.63, 3.8) is 0 Å². The molecule has 0 radical (unpaired) electrons. The maximum absolute atomic E-state index is 10.7. The van der Waals surface area contributed by atoms with E-state index in [1.807, 2.05) is 30.3 Å². The van der Waals surface area contributed by atoms with Crippen molar-refractivity contribution in [2.75, 3.05) is 0 Å². The maximum Gasteiger partial charge on any atom is 0.320 e. The van der Waals surface area contributed by atoms with Gasteiger partial charge >= 0.3 is 5.97 Å². The van der Waals surface area contributed by atoms with Gasteiger partial charge in [0, 0.05) is 0 Å². The maximum atomic E-state index is 10.7. The average molecular weight is 257 g/mol. The van der Waals surface area contributed by atoms with Crippen LogP contribution in [-0.2, 0) is 11.2 Å². The molecule has 1 atom stereocenters. The second kappa shape index (κ2) is 5.54. The Kier molecular flexibility index (Phi) is 3.82. The first kappa shape index (κ1) is 13.1. The van der Waals surface area contributed by atoms with E-state index < -0.39 is 12.0 Å². The largest absolute Gasteiger partial charge is 0.508 e. The molecule has 0 heterocycles. The van der Waals surface area contributed by atoms with Crippen molar-refractivity contribution in [1.29, 1.82) is 0 Å². The summed E-state index contributed by atoms with van der Waals surface area (Å²) in [5, 5.41) is 18.2. The van der Waals surface area contributed by atoms with E-state index in [1.54, 1.807) is 18.2 Å². The van der Waals surface area contributed by atoms with Crippen LogP contribution in [0, 0.1) is 0 Å². The van der Waals surface area contributed by atoms with Crippen LogP contribution in [-0.4, -0.2) is 22.2 Å². The van der Waals surface area contributed by atoms with Crippen LogP contribution in [0.5, 0.6) is 5.75 Å². The third kappa shape index (κ3) is 3.33. The van der Waals surface area contributed by atoms with E-state index in [9.17, 15) is 9.90 Å². The van der Waals surface area contributed by atoms with Crippen molar-refractivity contribution in [3.05, 3.63) is 54.1 Å². The van der Waals surface area contributed by atoms with E-state index in [-0.39, 0.29) is 5.75 Å². The highest BCUT2D eigenvalue weighted by Crippen LogP contribution is 2.23. The molecule has 0 spiro atoms. The lowest BCUT2D eigenvalue weighted by Crippen LogP contribution is -2.32. The molecular formula is C15H15NO3. The molecule has 0 aliphatic rings. The molecule has 4 N–H and O–H groups in total. The van der Waals surface area contributed by atoms with Crippen molar-refractivity contribution >= 4 is 5.97 Å². The standard InChI is InChI=1S/C15H15NO3/c16-14(15(18)19)8-10-4-6-11(7-5-10)12-2-1-3-13(17)9-12/h1-7,9,14,17H,8,16H2,(H,18,19). The predicted molar refractivity (Wildman–Crippen MR) is 72.9 cm³/mol. The Balaban J connectivity index is 2.17. The average Bonchev–Trinajstić information content (AvgIpc) is 2.39. The zero-order valence-electron chi connectivity index (χ0n) is 10.3. The fourth-order valence-corrected chi connectivity index (χ4v) is 1.86. The lowest BCUT2D eigenvalue weighted by Gasteiger charge is -2.08. The summed E-state index contributed by atoms with van der Waals surface area (Å²) in [5.74, 6) is -0.786. The molecule has 0 bridgehead atoms. The number of hydrogen-bond acceptors (Lipinski definition) is 3. The summed E-state index contributed by atoms with van der Waals surface area (Å²) in [7, 11) is 0. The number of phenolic OH excluding ortho intramolecular Hbond substituents is 1. The molecule has 4 nitrogen and oxygen atoms in total. The van der Waals surface area contributed by atoms with E-state index in [0.29, 0.717) is 6.42 Å². The highest BCUT2D eigenvalue weighted by molar-refractivity contribution is 5.73. The van der Waals surface area contributed by atoms with Gasteiger partial charge in [0.25, 0.3) is 0 Å². The highest BCUT2D eigenvalue weighted by Gasteiger charge is 2.11. The van der Waals surface area contributed by atoms with Crippen molar-refractivity contribution < 1.29 is 15.0 Å². The lowest BCUT2D eigenvalue weighted by atomic mass is 10.0. The number of rotatable bonds is 4. The zero-order chi connectivity index (χ0) is 13.8. The molecule has 0 saturated carbocycles. The number of phenols is 1. The Morgan fingerprint density at radius 2 is 1.79 bits per heavy atom. The number of hydrogen-bond donors (Lipinski definition) is 3. The third-order valence-corrected chi connectivity index (χ3v) is 2.91. The quantitative estimate of drug-likeness (QED) is 0.782. The van der Waals surface area contributed by atoms with Gasteiger partial charge in [-0.05, 0) is 35.2 Å². The van der Waals surface area contributed by atoms with Gasteiger partial charge in [0.1, 0.15) is 11.8 Å². The Bertz CT molecular complexity index is 578. The monoisotopic (exact) mass is 257 g/mol. The zero-order valence-corrected chi connectivity index (χ0v) is 10.3. The Labute approximate surface area is 111 Å². The summed E-state index contributed by atoms with van der Waals surface area (Å²) in [5.41, 5.74) is 8.23. The SMILES string of the molecule is NC(Cc1ccc(-c2cccc(O)c2)cc1)C(=O)O. The smallest absolute Gasteiger partial charge is 0.320 e. The summed E-state index contributed by atoms with van der Waals surface area (Å²) in [6.45, 7) is 0. The molecule has 0 amide bonds. The number of carboxylic acid groups (broad SMARTS) is 1. The van der Waals surface area contributed by atoms with Crippen LogP contribution < -0.4 is 5.73 Å². The number of carboxylic acids is 1. The normalized spacial score (nSPS) is 12.1. The predicted octanol–water partition coefficient (Wildman–Crippen LogP) is 2.01. The summed E-state index contributed by atoms with van der Waals surface area (Å²) < 4.78 is 0. The fraction of sp³-hybridized carbons (Fsp3) is 0.133. The summed E-state index contributed by atoms with van der Waals surface area (Å²) >= 11 is 0. The number of benzene rings is 2. The fourth-order valence-electron chi connectivity index (χ4n) is 1.86. The highest BCUT2D eigenvalue weighted by atomic mass is 16.4. The molecule has 0 aliphatic heterocycles. The van der Waals surface area contributed by atoms with Gasteiger partial charge in [0.15, 0.2) is 0 Å². The summed E-state index contributed by atoms with van der Waals surface area (Å²) in [6.07, 6.45) is 0.301. The molecule has 2 rings (SSSR count). The van der Waals surface area contributed by atoms with E-state index in [1.165, 1.54) is 0 Å². The molecule has 1 unspecified atom stereocenters. The van der Waals surface area contributed by atoms with Gasteiger partial charge in [-0.3, -0.25) is 4.79 Å². The van der Waals surface area contributed by atoms with Crippen LogP contribution in [0.1, 0.15) is 5.56 Å². The number of aromatic hydroxyl groups is 1. The van der Waals surface area contributed by atoms with Crippen LogP contribution in [0.3, 0.4) is 0 Å². The minimum atomic E-state index is -1.00. The molecule has 4 heteroatoms. The summed E-state index contributed by atoms with van der Waals surface area (Å²) in [4.78, 5) is 10.7. The van der Waals surface area contributed by atoms with E-state index in [4.69, 9.17) is 10.8 Å². The Hall–Kier alpha value is -2.33. The van der Waals surface area contributed by atoms with Gasteiger partial charge in [-0.1, -0.05) is 36.4 Å². The van der Waals surface area contributed by atoms with Crippen LogP contribution >= 0.6 is 0 Å². The first-order chi connectivity index (χ1) is 9.06. The van der Waals surface area contributed by atoms with Gasteiger partial charge in [0.05, 0.1) is 0 Å².